The highest BCUT2D eigenvalue weighted by Crippen LogP contribution is 2.00. The van der Waals surface area contributed by atoms with Gasteiger partial charge in [0.25, 0.3) is 0 Å². The van der Waals surface area contributed by atoms with E-state index in [1.54, 1.807) is 6.08 Å². The SMILES string of the molecule is C=CCOCC(CC)CO. The first-order valence-corrected chi connectivity index (χ1v) is 3.64. The van der Waals surface area contributed by atoms with Gasteiger partial charge in [-0.1, -0.05) is 13.0 Å². The Bertz CT molecular complexity index is 77.3. The van der Waals surface area contributed by atoms with E-state index < -0.39 is 0 Å². The Morgan fingerprint density at radius 3 is 2.80 bits per heavy atom. The molecule has 1 unspecified atom stereocenters. The smallest absolute Gasteiger partial charge is 0.0644 e. The number of hydrogen-bond acceptors (Lipinski definition) is 2. The predicted octanol–water partition coefficient (Wildman–Crippen LogP) is 1.21. The third-order valence-electron chi connectivity index (χ3n) is 1.42. The number of ether oxygens (including phenoxy) is 1. The first kappa shape index (κ1) is 9.66. The van der Waals surface area contributed by atoms with E-state index in [0.29, 0.717) is 19.1 Å². The Morgan fingerprint density at radius 1 is 1.70 bits per heavy atom. The van der Waals surface area contributed by atoms with Crippen molar-refractivity contribution in [3.05, 3.63) is 12.7 Å². The van der Waals surface area contributed by atoms with Crippen LogP contribution in [0.1, 0.15) is 13.3 Å². The van der Waals surface area contributed by atoms with E-state index in [0.717, 1.165) is 6.42 Å². The molecule has 0 amide bonds. The van der Waals surface area contributed by atoms with Crippen molar-refractivity contribution in [2.45, 2.75) is 13.3 Å². The van der Waals surface area contributed by atoms with Crippen LogP contribution in [0.25, 0.3) is 0 Å². The van der Waals surface area contributed by atoms with Gasteiger partial charge in [0.1, 0.15) is 0 Å². The molecule has 0 aromatic rings. The maximum Gasteiger partial charge on any atom is 0.0644 e. The molecule has 0 radical (unpaired) electrons. The summed E-state index contributed by atoms with van der Waals surface area (Å²) in [5, 5.41) is 8.72. The van der Waals surface area contributed by atoms with E-state index in [2.05, 4.69) is 6.58 Å². The molecule has 0 fully saturated rings. The Morgan fingerprint density at radius 2 is 2.40 bits per heavy atom. The minimum Gasteiger partial charge on any atom is -0.396 e. The highest BCUT2D eigenvalue weighted by molar-refractivity contribution is 4.64. The standard InChI is InChI=1S/C8H16O2/c1-3-5-10-7-8(4-2)6-9/h3,8-9H,1,4-7H2,2H3. The number of aliphatic hydroxyl groups is 1. The molecule has 0 aliphatic carbocycles. The van der Waals surface area contributed by atoms with Gasteiger partial charge in [-0.15, -0.1) is 6.58 Å². The summed E-state index contributed by atoms with van der Waals surface area (Å²) in [6.45, 7) is 7.00. The molecular weight excluding hydrogens is 128 g/mol. The van der Waals surface area contributed by atoms with Gasteiger partial charge in [-0.3, -0.25) is 0 Å². The summed E-state index contributed by atoms with van der Waals surface area (Å²) < 4.78 is 5.15. The van der Waals surface area contributed by atoms with Gasteiger partial charge in [-0.25, -0.2) is 0 Å². The van der Waals surface area contributed by atoms with Crippen molar-refractivity contribution >= 4 is 0 Å². The van der Waals surface area contributed by atoms with Gasteiger partial charge >= 0.3 is 0 Å². The third kappa shape index (κ3) is 4.53. The summed E-state index contributed by atoms with van der Waals surface area (Å²) in [6.07, 6.45) is 2.68. The lowest BCUT2D eigenvalue weighted by molar-refractivity contribution is 0.0880. The van der Waals surface area contributed by atoms with Gasteiger partial charge in [-0.05, 0) is 6.42 Å². The second kappa shape index (κ2) is 6.78. The van der Waals surface area contributed by atoms with Crippen molar-refractivity contribution in [2.24, 2.45) is 5.92 Å². The zero-order valence-electron chi connectivity index (χ0n) is 6.55. The van der Waals surface area contributed by atoms with E-state index >= 15 is 0 Å². The highest BCUT2D eigenvalue weighted by Gasteiger charge is 2.02. The second-order valence-electron chi connectivity index (χ2n) is 2.28. The monoisotopic (exact) mass is 144 g/mol. The number of rotatable bonds is 6. The molecule has 2 nitrogen and oxygen atoms in total. The van der Waals surface area contributed by atoms with Crippen LogP contribution >= 0.6 is 0 Å². The molecule has 0 bridgehead atoms. The van der Waals surface area contributed by atoms with Crippen LogP contribution in [0, 0.1) is 5.92 Å². The molecule has 10 heavy (non-hydrogen) atoms. The molecule has 0 aliphatic rings. The van der Waals surface area contributed by atoms with E-state index in [1.165, 1.54) is 0 Å². The molecule has 0 saturated carbocycles. The number of hydrogen-bond donors (Lipinski definition) is 1. The third-order valence-corrected chi connectivity index (χ3v) is 1.42. The molecule has 2 heteroatoms. The first-order chi connectivity index (χ1) is 4.85. The van der Waals surface area contributed by atoms with E-state index in [9.17, 15) is 0 Å². The molecule has 1 atom stereocenters. The minimum absolute atomic E-state index is 0.216. The van der Waals surface area contributed by atoms with E-state index in [1.807, 2.05) is 6.92 Å². The molecule has 0 aliphatic heterocycles. The zero-order chi connectivity index (χ0) is 7.82. The molecular formula is C8H16O2. The topological polar surface area (TPSA) is 29.5 Å². The van der Waals surface area contributed by atoms with Crippen molar-refractivity contribution in [1.82, 2.24) is 0 Å². The summed E-state index contributed by atoms with van der Waals surface area (Å²) in [5.41, 5.74) is 0. The van der Waals surface area contributed by atoms with Gasteiger partial charge in [-0.2, -0.15) is 0 Å². The van der Waals surface area contributed by atoms with Crippen LogP contribution in [0.5, 0.6) is 0 Å². The average molecular weight is 144 g/mol. The molecule has 0 rings (SSSR count). The second-order valence-corrected chi connectivity index (χ2v) is 2.28. The quantitative estimate of drug-likeness (QED) is 0.448. The Labute approximate surface area is 62.5 Å². The van der Waals surface area contributed by atoms with Crippen LogP contribution in [0.15, 0.2) is 12.7 Å². The van der Waals surface area contributed by atoms with Gasteiger partial charge in [0.2, 0.25) is 0 Å². The van der Waals surface area contributed by atoms with Crippen LogP contribution < -0.4 is 0 Å². The average Bonchev–Trinajstić information content (AvgIpc) is 1.99. The van der Waals surface area contributed by atoms with Crippen LogP contribution in [-0.4, -0.2) is 24.9 Å². The molecule has 0 heterocycles. The normalized spacial score (nSPS) is 13.0. The van der Waals surface area contributed by atoms with Crippen LogP contribution in [0.4, 0.5) is 0 Å². The van der Waals surface area contributed by atoms with Crippen molar-refractivity contribution in [3.63, 3.8) is 0 Å². The minimum atomic E-state index is 0.216. The molecule has 1 N–H and O–H groups in total. The number of aliphatic hydroxyl groups excluding tert-OH is 1. The van der Waals surface area contributed by atoms with Crippen molar-refractivity contribution < 1.29 is 9.84 Å². The maximum atomic E-state index is 8.72. The predicted molar refractivity (Wildman–Crippen MR) is 41.9 cm³/mol. The van der Waals surface area contributed by atoms with Crippen molar-refractivity contribution in [1.29, 1.82) is 0 Å². The van der Waals surface area contributed by atoms with Crippen LogP contribution in [0.3, 0.4) is 0 Å². The maximum absolute atomic E-state index is 8.72. The van der Waals surface area contributed by atoms with Crippen molar-refractivity contribution in [3.8, 4) is 0 Å². The van der Waals surface area contributed by atoms with Crippen LogP contribution in [0.2, 0.25) is 0 Å². The van der Waals surface area contributed by atoms with E-state index in [4.69, 9.17) is 9.84 Å². The fourth-order valence-electron chi connectivity index (χ4n) is 0.618. The van der Waals surface area contributed by atoms with Gasteiger partial charge in [0, 0.05) is 12.5 Å². The fourth-order valence-corrected chi connectivity index (χ4v) is 0.618. The zero-order valence-corrected chi connectivity index (χ0v) is 6.55. The van der Waals surface area contributed by atoms with Gasteiger partial charge in [0.15, 0.2) is 0 Å². The molecule has 0 spiro atoms. The lowest BCUT2D eigenvalue weighted by Gasteiger charge is -2.09. The summed E-state index contributed by atoms with van der Waals surface area (Å²) in [7, 11) is 0. The van der Waals surface area contributed by atoms with Crippen LogP contribution in [-0.2, 0) is 4.74 Å². The molecule has 0 saturated heterocycles. The summed E-state index contributed by atoms with van der Waals surface area (Å²) in [6, 6.07) is 0. The van der Waals surface area contributed by atoms with Crippen molar-refractivity contribution in [2.75, 3.05) is 19.8 Å². The van der Waals surface area contributed by atoms with Gasteiger partial charge in [0.05, 0.1) is 13.2 Å². The molecule has 60 valence electrons. The fraction of sp³-hybridized carbons (Fsp3) is 0.750. The summed E-state index contributed by atoms with van der Waals surface area (Å²) in [4.78, 5) is 0. The Balaban J connectivity index is 3.16. The summed E-state index contributed by atoms with van der Waals surface area (Å²) >= 11 is 0. The Hall–Kier alpha value is -0.340. The molecule has 0 aromatic carbocycles. The van der Waals surface area contributed by atoms with Gasteiger partial charge < -0.3 is 9.84 Å². The largest absolute Gasteiger partial charge is 0.396 e. The lowest BCUT2D eigenvalue weighted by atomic mass is 10.1. The Kier molecular flexibility index (Phi) is 6.55. The lowest BCUT2D eigenvalue weighted by Crippen LogP contribution is -2.12. The molecule has 0 aromatic heterocycles. The van der Waals surface area contributed by atoms with E-state index in [-0.39, 0.29) is 6.61 Å². The first-order valence-electron chi connectivity index (χ1n) is 3.64. The summed E-state index contributed by atoms with van der Waals surface area (Å²) in [5.74, 6) is 0.292. The highest BCUT2D eigenvalue weighted by atomic mass is 16.5.